The third-order valence-electron chi connectivity index (χ3n) is 5.76. The Hall–Kier alpha value is -4.91. The lowest BCUT2D eigenvalue weighted by molar-refractivity contribution is -0.117. The first-order valence-corrected chi connectivity index (χ1v) is 11.7. The van der Waals surface area contributed by atoms with Gasteiger partial charge >= 0.3 is 0 Å². The minimum Gasteiger partial charge on any atom is -0.496 e. The number of hydrazone groups is 1. The van der Waals surface area contributed by atoms with E-state index in [0.29, 0.717) is 11.3 Å². The summed E-state index contributed by atoms with van der Waals surface area (Å²) in [6.45, 7) is 0. The highest BCUT2D eigenvalue weighted by atomic mass is 16.5. The molecule has 2 N–H and O–H groups in total. The van der Waals surface area contributed by atoms with Gasteiger partial charge in [0.25, 0.3) is 11.8 Å². The van der Waals surface area contributed by atoms with Crippen LogP contribution in [0.25, 0.3) is 16.8 Å². The largest absolute Gasteiger partial charge is 0.496 e. The van der Waals surface area contributed by atoms with E-state index in [1.807, 2.05) is 85.7 Å². The lowest BCUT2D eigenvalue weighted by Crippen LogP contribution is -2.32. The zero-order valence-corrected chi connectivity index (χ0v) is 20.9. The van der Waals surface area contributed by atoms with Gasteiger partial charge in [0.15, 0.2) is 0 Å². The Balaban J connectivity index is 1.61. The first kappa shape index (κ1) is 25.2. The first-order chi connectivity index (χ1) is 18.0. The molecule has 37 heavy (non-hydrogen) atoms. The third-order valence-corrected chi connectivity index (χ3v) is 5.76. The molecule has 4 rings (SSSR count). The maximum absolute atomic E-state index is 13.2. The number of hydrogen-bond acceptors (Lipinski definition) is 5. The van der Waals surface area contributed by atoms with E-state index in [-0.39, 0.29) is 5.70 Å². The van der Waals surface area contributed by atoms with Crippen molar-refractivity contribution in [2.75, 3.05) is 26.1 Å². The normalized spacial score (nSPS) is 11.4. The number of ether oxygens (including phenoxy) is 1. The van der Waals surface area contributed by atoms with Crippen molar-refractivity contribution < 1.29 is 14.3 Å². The fraction of sp³-hybridized carbons (Fsp3) is 0.100. The Morgan fingerprint density at radius 2 is 1.57 bits per heavy atom. The molecule has 2 amide bonds. The predicted octanol–water partition coefficient (Wildman–Crippen LogP) is 4.84. The molecular weight excluding hydrogens is 464 g/mol. The van der Waals surface area contributed by atoms with Crippen LogP contribution in [0.15, 0.2) is 102 Å². The summed E-state index contributed by atoms with van der Waals surface area (Å²) >= 11 is 0. The zero-order valence-electron chi connectivity index (χ0n) is 20.9. The number of nitrogens with zero attached hydrogens (tertiary/aromatic N) is 2. The molecule has 0 aliphatic rings. The summed E-state index contributed by atoms with van der Waals surface area (Å²) < 4.78 is 5.49. The minimum atomic E-state index is -0.559. The summed E-state index contributed by atoms with van der Waals surface area (Å²) in [7, 11) is 5.49. The van der Waals surface area contributed by atoms with E-state index in [1.54, 1.807) is 43.7 Å². The van der Waals surface area contributed by atoms with Crippen molar-refractivity contribution in [3.63, 3.8) is 0 Å². The average Bonchev–Trinajstić information content (AvgIpc) is 2.93. The Morgan fingerprint density at radius 3 is 2.27 bits per heavy atom. The highest BCUT2D eigenvalue weighted by Gasteiger charge is 2.15. The van der Waals surface area contributed by atoms with E-state index in [0.717, 1.165) is 27.6 Å². The van der Waals surface area contributed by atoms with Gasteiger partial charge in [-0.15, -0.1) is 0 Å². The number of hydrogen-bond donors (Lipinski definition) is 2. The topological polar surface area (TPSA) is 83.0 Å². The molecule has 186 valence electrons. The Kier molecular flexibility index (Phi) is 7.95. The number of benzene rings is 4. The van der Waals surface area contributed by atoms with Gasteiger partial charge in [0.05, 0.1) is 13.3 Å². The third kappa shape index (κ3) is 6.21. The van der Waals surface area contributed by atoms with Crippen LogP contribution in [-0.2, 0) is 4.79 Å². The SMILES string of the molecule is COc1ccc2ccccc2c1C=NNC(=O)C(=Cc1ccc(N(C)C)cc1)NC(=O)c1ccccc1. The predicted molar refractivity (Wildman–Crippen MR) is 149 cm³/mol. The van der Waals surface area contributed by atoms with E-state index < -0.39 is 11.8 Å². The van der Waals surface area contributed by atoms with Crippen LogP contribution in [0.1, 0.15) is 21.5 Å². The Bertz CT molecular complexity index is 1460. The van der Waals surface area contributed by atoms with Gasteiger partial charge in [0.1, 0.15) is 11.4 Å². The summed E-state index contributed by atoms with van der Waals surface area (Å²) in [5.74, 6) is -0.325. The maximum atomic E-state index is 13.2. The molecule has 0 radical (unpaired) electrons. The monoisotopic (exact) mass is 492 g/mol. The van der Waals surface area contributed by atoms with Crippen molar-refractivity contribution in [3.8, 4) is 5.75 Å². The summed E-state index contributed by atoms with van der Waals surface area (Å²) in [5, 5.41) is 8.86. The number of carbonyl (C=O) groups excluding carboxylic acids is 2. The number of fused-ring (bicyclic) bond motifs is 1. The van der Waals surface area contributed by atoms with Crippen LogP contribution in [0.2, 0.25) is 0 Å². The lowest BCUT2D eigenvalue weighted by atomic mass is 10.0. The van der Waals surface area contributed by atoms with Gasteiger partial charge in [0.2, 0.25) is 0 Å². The molecule has 0 atom stereocenters. The summed E-state index contributed by atoms with van der Waals surface area (Å²) in [4.78, 5) is 28.0. The van der Waals surface area contributed by atoms with Crippen LogP contribution in [0.5, 0.6) is 5.75 Å². The number of methoxy groups -OCH3 is 1. The molecule has 7 nitrogen and oxygen atoms in total. The fourth-order valence-electron chi connectivity index (χ4n) is 3.78. The van der Waals surface area contributed by atoms with Gasteiger partial charge in [-0.3, -0.25) is 9.59 Å². The van der Waals surface area contributed by atoms with Gasteiger partial charge in [-0.2, -0.15) is 5.10 Å². The molecule has 0 saturated carbocycles. The molecule has 0 fully saturated rings. The van der Waals surface area contributed by atoms with Crippen molar-refractivity contribution in [2.24, 2.45) is 5.10 Å². The highest BCUT2D eigenvalue weighted by Crippen LogP contribution is 2.26. The Morgan fingerprint density at radius 1 is 0.865 bits per heavy atom. The molecule has 0 aliphatic carbocycles. The maximum Gasteiger partial charge on any atom is 0.287 e. The van der Waals surface area contributed by atoms with Crippen molar-refractivity contribution in [1.82, 2.24) is 10.7 Å². The van der Waals surface area contributed by atoms with Crippen molar-refractivity contribution >= 4 is 40.6 Å². The standard InChI is InChI=1S/C30H28N4O3/c1-34(2)24-16-13-21(14-17-24)19-27(32-29(35)23-10-5-4-6-11-23)30(36)33-31-20-26-25-12-8-7-9-22(25)15-18-28(26)37-3/h4-20H,1-3H3,(H,32,35)(H,33,36). The second-order valence-corrected chi connectivity index (χ2v) is 8.47. The van der Waals surface area contributed by atoms with Crippen LogP contribution in [0.4, 0.5) is 5.69 Å². The quantitative estimate of drug-likeness (QED) is 0.210. The average molecular weight is 493 g/mol. The molecule has 0 aromatic heterocycles. The second kappa shape index (κ2) is 11.7. The van der Waals surface area contributed by atoms with E-state index in [1.165, 1.54) is 0 Å². The van der Waals surface area contributed by atoms with Gasteiger partial charge in [-0.1, -0.05) is 60.7 Å². The number of anilines is 1. The van der Waals surface area contributed by atoms with E-state index in [4.69, 9.17) is 4.74 Å². The van der Waals surface area contributed by atoms with Gasteiger partial charge < -0.3 is 15.0 Å². The van der Waals surface area contributed by atoms with Gasteiger partial charge in [-0.05, 0) is 52.7 Å². The van der Waals surface area contributed by atoms with E-state index >= 15 is 0 Å². The lowest BCUT2D eigenvalue weighted by Gasteiger charge is -2.13. The van der Waals surface area contributed by atoms with Crippen molar-refractivity contribution in [2.45, 2.75) is 0 Å². The van der Waals surface area contributed by atoms with E-state index in [2.05, 4.69) is 15.8 Å². The summed E-state index contributed by atoms with van der Waals surface area (Å²) in [6, 6.07) is 28.0. The molecule has 7 heteroatoms. The molecule has 0 unspecified atom stereocenters. The molecule has 0 spiro atoms. The van der Waals surface area contributed by atoms with Crippen molar-refractivity contribution in [3.05, 3.63) is 113 Å². The van der Waals surface area contributed by atoms with E-state index in [9.17, 15) is 9.59 Å². The molecular formula is C30H28N4O3. The first-order valence-electron chi connectivity index (χ1n) is 11.7. The van der Waals surface area contributed by atoms with Crippen molar-refractivity contribution in [1.29, 1.82) is 0 Å². The molecule has 0 aliphatic heterocycles. The number of rotatable bonds is 8. The fourth-order valence-corrected chi connectivity index (χ4v) is 3.78. The van der Waals surface area contributed by atoms with Crippen LogP contribution >= 0.6 is 0 Å². The molecule has 0 bridgehead atoms. The summed E-state index contributed by atoms with van der Waals surface area (Å²) in [6.07, 6.45) is 3.16. The van der Waals surface area contributed by atoms with Crippen LogP contribution < -0.4 is 20.4 Å². The Labute approximate surface area is 216 Å². The number of amides is 2. The molecule has 0 saturated heterocycles. The van der Waals surface area contributed by atoms with Gasteiger partial charge in [-0.25, -0.2) is 5.43 Å². The molecule has 0 heterocycles. The number of carbonyl (C=O) groups is 2. The number of nitrogens with one attached hydrogen (secondary N) is 2. The highest BCUT2D eigenvalue weighted by molar-refractivity contribution is 6.06. The minimum absolute atomic E-state index is 0.0634. The summed E-state index contributed by atoms with van der Waals surface area (Å²) in [5.41, 5.74) is 5.55. The van der Waals surface area contributed by atoms with Crippen LogP contribution in [0, 0.1) is 0 Å². The zero-order chi connectivity index (χ0) is 26.2. The van der Waals surface area contributed by atoms with Gasteiger partial charge in [0, 0.05) is 30.9 Å². The smallest absolute Gasteiger partial charge is 0.287 e. The second-order valence-electron chi connectivity index (χ2n) is 8.47. The molecule has 4 aromatic rings. The van der Waals surface area contributed by atoms with Crippen LogP contribution in [-0.4, -0.2) is 39.2 Å². The molecule has 4 aromatic carbocycles. The van der Waals surface area contributed by atoms with Crippen LogP contribution in [0.3, 0.4) is 0 Å².